The van der Waals surface area contributed by atoms with E-state index < -0.39 is 0 Å². The van der Waals surface area contributed by atoms with Crippen molar-refractivity contribution in [1.82, 2.24) is 0 Å². The van der Waals surface area contributed by atoms with Gasteiger partial charge in [0.1, 0.15) is 6.54 Å². The van der Waals surface area contributed by atoms with Gasteiger partial charge in [0, 0.05) is 22.7 Å². The number of ether oxygens (including phenoxy) is 3. The number of hydrogen-bond acceptors (Lipinski definition) is 7. The molecule has 1 aliphatic rings. The standard InChI is InChI=1S/C24H23N3O5S/c1-30-19-11-15(12-20(31-2)24(19)32-3)25-22(28)14-27-18-8-5-4-7-16(18)26-17(13-23(27)29)21-9-6-10-33-21/h4-12H,13-14H2,1-3H3,(H,25,28). The second-order valence-electron chi connectivity index (χ2n) is 7.14. The quantitative estimate of drug-likeness (QED) is 0.563. The fraction of sp³-hybridized carbons (Fsp3) is 0.208. The molecule has 0 bridgehead atoms. The Labute approximate surface area is 195 Å². The lowest BCUT2D eigenvalue weighted by atomic mass is 10.2. The van der Waals surface area contributed by atoms with Crippen molar-refractivity contribution in [3.63, 3.8) is 0 Å². The molecule has 33 heavy (non-hydrogen) atoms. The van der Waals surface area contributed by atoms with Crippen molar-refractivity contribution >= 4 is 45.9 Å². The van der Waals surface area contributed by atoms with Gasteiger partial charge in [0.15, 0.2) is 11.5 Å². The lowest BCUT2D eigenvalue weighted by Crippen LogP contribution is -2.38. The summed E-state index contributed by atoms with van der Waals surface area (Å²) in [5, 5.41) is 4.76. The molecule has 0 fully saturated rings. The van der Waals surface area contributed by atoms with Crippen molar-refractivity contribution in [1.29, 1.82) is 0 Å². The van der Waals surface area contributed by atoms with Crippen LogP contribution in [0.5, 0.6) is 17.2 Å². The highest BCUT2D eigenvalue weighted by Gasteiger charge is 2.27. The minimum Gasteiger partial charge on any atom is -0.493 e. The van der Waals surface area contributed by atoms with Gasteiger partial charge in [-0.2, -0.15) is 0 Å². The molecule has 0 unspecified atom stereocenters. The number of carbonyl (C=O) groups excluding carboxylic acids is 2. The lowest BCUT2D eigenvalue weighted by Gasteiger charge is -2.22. The van der Waals surface area contributed by atoms with E-state index in [0.29, 0.717) is 40.0 Å². The van der Waals surface area contributed by atoms with E-state index in [0.717, 1.165) is 4.88 Å². The summed E-state index contributed by atoms with van der Waals surface area (Å²) < 4.78 is 16.0. The van der Waals surface area contributed by atoms with Crippen molar-refractivity contribution < 1.29 is 23.8 Å². The summed E-state index contributed by atoms with van der Waals surface area (Å²) in [5.74, 6) is 0.682. The minimum absolute atomic E-state index is 0.104. The first-order valence-corrected chi connectivity index (χ1v) is 11.0. The molecule has 2 heterocycles. The molecule has 0 radical (unpaired) electrons. The van der Waals surface area contributed by atoms with E-state index in [9.17, 15) is 9.59 Å². The van der Waals surface area contributed by atoms with Crippen LogP contribution in [0.1, 0.15) is 11.3 Å². The van der Waals surface area contributed by atoms with Crippen LogP contribution < -0.4 is 24.4 Å². The van der Waals surface area contributed by atoms with Crippen LogP contribution in [0.25, 0.3) is 0 Å². The third-order valence-corrected chi connectivity index (χ3v) is 6.02. The van der Waals surface area contributed by atoms with Gasteiger partial charge in [-0.1, -0.05) is 18.2 Å². The number of carbonyl (C=O) groups is 2. The molecule has 1 aliphatic heterocycles. The van der Waals surface area contributed by atoms with Gasteiger partial charge < -0.3 is 24.4 Å². The number of methoxy groups -OCH3 is 3. The fourth-order valence-electron chi connectivity index (χ4n) is 3.60. The summed E-state index contributed by atoms with van der Waals surface area (Å²) in [5.41, 5.74) is 2.39. The molecule has 0 saturated carbocycles. The summed E-state index contributed by atoms with van der Waals surface area (Å²) in [7, 11) is 4.51. The number of anilines is 2. The first-order chi connectivity index (χ1) is 16.0. The lowest BCUT2D eigenvalue weighted by molar-refractivity contribution is -0.120. The van der Waals surface area contributed by atoms with Crippen LogP contribution in [0.4, 0.5) is 17.1 Å². The number of benzene rings is 2. The maximum absolute atomic E-state index is 13.2. The third kappa shape index (κ3) is 4.68. The first-order valence-electron chi connectivity index (χ1n) is 10.1. The van der Waals surface area contributed by atoms with Crippen LogP contribution in [0.2, 0.25) is 0 Å². The number of amides is 2. The van der Waals surface area contributed by atoms with Crippen LogP contribution >= 0.6 is 11.3 Å². The summed E-state index contributed by atoms with van der Waals surface area (Å²) >= 11 is 1.53. The Bertz CT molecular complexity index is 1180. The number of aliphatic imine (C=N–C) groups is 1. The summed E-state index contributed by atoms with van der Waals surface area (Å²) in [6.07, 6.45) is 0.104. The Hall–Kier alpha value is -3.85. The number of rotatable bonds is 7. The second-order valence-corrected chi connectivity index (χ2v) is 8.09. The molecule has 2 aromatic carbocycles. The maximum atomic E-state index is 13.2. The molecule has 3 aromatic rings. The summed E-state index contributed by atoms with van der Waals surface area (Å²) in [6, 6.07) is 14.4. The highest BCUT2D eigenvalue weighted by molar-refractivity contribution is 7.12. The zero-order chi connectivity index (χ0) is 23.4. The fourth-order valence-corrected chi connectivity index (χ4v) is 4.32. The molecular formula is C24H23N3O5S. The molecule has 0 saturated heterocycles. The highest BCUT2D eigenvalue weighted by Crippen LogP contribution is 2.40. The summed E-state index contributed by atoms with van der Waals surface area (Å²) in [4.78, 5) is 33.2. The molecule has 1 N–H and O–H groups in total. The van der Waals surface area contributed by atoms with Gasteiger partial charge in [0.25, 0.3) is 0 Å². The predicted octanol–water partition coefficient (Wildman–Crippen LogP) is 4.27. The molecular weight excluding hydrogens is 442 g/mol. The second kappa shape index (κ2) is 9.74. The average Bonchev–Trinajstić information content (AvgIpc) is 3.32. The third-order valence-electron chi connectivity index (χ3n) is 5.10. The predicted molar refractivity (Wildman–Crippen MR) is 129 cm³/mol. The topological polar surface area (TPSA) is 89.5 Å². The zero-order valence-electron chi connectivity index (χ0n) is 18.5. The number of para-hydroxylation sites is 2. The van der Waals surface area contributed by atoms with E-state index in [-0.39, 0.29) is 24.8 Å². The largest absolute Gasteiger partial charge is 0.493 e. The highest BCUT2D eigenvalue weighted by atomic mass is 32.1. The molecule has 4 rings (SSSR count). The average molecular weight is 466 g/mol. The van der Waals surface area contributed by atoms with E-state index in [1.54, 1.807) is 18.2 Å². The van der Waals surface area contributed by atoms with Gasteiger partial charge in [-0.3, -0.25) is 9.59 Å². The van der Waals surface area contributed by atoms with Crippen molar-refractivity contribution in [3.05, 3.63) is 58.8 Å². The monoisotopic (exact) mass is 465 g/mol. The van der Waals surface area contributed by atoms with Crippen LogP contribution in [-0.2, 0) is 9.59 Å². The van der Waals surface area contributed by atoms with Crippen molar-refractivity contribution in [2.45, 2.75) is 6.42 Å². The maximum Gasteiger partial charge on any atom is 0.244 e. The number of nitrogens with one attached hydrogen (secondary N) is 1. The molecule has 170 valence electrons. The molecule has 9 heteroatoms. The Kier molecular flexibility index (Phi) is 6.60. The molecule has 8 nitrogen and oxygen atoms in total. The molecule has 0 aliphatic carbocycles. The Morgan fingerprint density at radius 1 is 1.06 bits per heavy atom. The van der Waals surface area contributed by atoms with Crippen molar-refractivity contribution in [2.24, 2.45) is 4.99 Å². The van der Waals surface area contributed by atoms with Gasteiger partial charge in [-0.05, 0) is 23.6 Å². The zero-order valence-corrected chi connectivity index (χ0v) is 19.3. The van der Waals surface area contributed by atoms with Gasteiger partial charge in [-0.15, -0.1) is 11.3 Å². The number of thiophene rings is 1. The van der Waals surface area contributed by atoms with E-state index in [2.05, 4.69) is 5.32 Å². The van der Waals surface area contributed by atoms with Crippen molar-refractivity contribution in [3.8, 4) is 17.2 Å². The Balaban J connectivity index is 1.58. The van der Waals surface area contributed by atoms with E-state index in [1.165, 1.54) is 37.6 Å². The summed E-state index contributed by atoms with van der Waals surface area (Å²) in [6.45, 7) is -0.167. The molecule has 2 amide bonds. The Morgan fingerprint density at radius 3 is 2.42 bits per heavy atom. The van der Waals surface area contributed by atoms with Gasteiger partial charge in [0.2, 0.25) is 17.6 Å². The van der Waals surface area contributed by atoms with Gasteiger partial charge in [-0.25, -0.2) is 4.99 Å². The van der Waals surface area contributed by atoms with Crippen LogP contribution in [-0.4, -0.2) is 45.4 Å². The van der Waals surface area contributed by atoms with Crippen molar-refractivity contribution in [2.75, 3.05) is 38.1 Å². The SMILES string of the molecule is COc1cc(NC(=O)CN2C(=O)CC(c3cccs3)=Nc3ccccc32)cc(OC)c1OC. The smallest absolute Gasteiger partial charge is 0.244 e. The first kappa shape index (κ1) is 22.3. The number of nitrogens with zero attached hydrogens (tertiary/aromatic N) is 2. The molecule has 0 atom stereocenters. The van der Waals surface area contributed by atoms with Crippen LogP contribution in [0.15, 0.2) is 58.9 Å². The number of fused-ring (bicyclic) bond motifs is 1. The Morgan fingerprint density at radius 2 is 1.79 bits per heavy atom. The van der Waals surface area contributed by atoms with Gasteiger partial charge in [0.05, 0.1) is 44.8 Å². The van der Waals surface area contributed by atoms with E-state index >= 15 is 0 Å². The molecule has 0 spiro atoms. The van der Waals surface area contributed by atoms with E-state index in [1.807, 2.05) is 35.7 Å². The molecule has 1 aromatic heterocycles. The van der Waals surface area contributed by atoms with Gasteiger partial charge >= 0.3 is 0 Å². The number of hydrogen-bond donors (Lipinski definition) is 1. The van der Waals surface area contributed by atoms with Crippen LogP contribution in [0, 0.1) is 0 Å². The van der Waals surface area contributed by atoms with Crippen LogP contribution in [0.3, 0.4) is 0 Å². The minimum atomic E-state index is -0.369. The normalized spacial score (nSPS) is 13.0. The van der Waals surface area contributed by atoms with E-state index in [4.69, 9.17) is 19.2 Å².